The average Bonchev–Trinajstić information content (AvgIpc) is 3.02. The predicted octanol–water partition coefficient (Wildman–Crippen LogP) is 4.80. The van der Waals surface area contributed by atoms with Gasteiger partial charge in [-0.3, -0.25) is 0 Å². The zero-order valence-corrected chi connectivity index (χ0v) is 17.3. The Morgan fingerprint density at radius 1 is 0.893 bits per heavy atom. The molecule has 0 saturated heterocycles. The molecule has 1 unspecified atom stereocenters. The van der Waals surface area contributed by atoms with Gasteiger partial charge in [0.05, 0.1) is 39.6 Å². The Bertz CT molecular complexity index is 791. The van der Waals surface area contributed by atoms with Gasteiger partial charge in [0, 0.05) is 0 Å². The van der Waals surface area contributed by atoms with Crippen LogP contribution in [0.1, 0.15) is 42.8 Å². The largest absolute Gasteiger partial charge is 0.494 e. The van der Waals surface area contributed by atoms with Crippen LogP contribution in [-0.2, 0) is 4.74 Å². The SMILES string of the molecule is CC.COc1cc2c(c(OC)c1OC)C(C)OC2=O.COc1ccccc1F. The number of ether oxygens (including phenoxy) is 5. The number of carbonyl (C=O) groups is 1. The highest BCUT2D eigenvalue weighted by Crippen LogP contribution is 2.48. The number of hydrogen-bond acceptors (Lipinski definition) is 6. The molecule has 0 radical (unpaired) electrons. The van der Waals surface area contributed by atoms with E-state index in [1.807, 2.05) is 13.8 Å². The van der Waals surface area contributed by atoms with Gasteiger partial charge in [0.25, 0.3) is 0 Å². The topological polar surface area (TPSA) is 63.2 Å². The second-order valence-corrected chi connectivity index (χ2v) is 5.29. The van der Waals surface area contributed by atoms with Crippen molar-refractivity contribution in [2.75, 3.05) is 28.4 Å². The van der Waals surface area contributed by atoms with E-state index in [9.17, 15) is 9.18 Å². The summed E-state index contributed by atoms with van der Waals surface area (Å²) in [4.78, 5) is 11.6. The fourth-order valence-corrected chi connectivity index (χ4v) is 2.64. The first kappa shape index (κ1) is 23.1. The molecule has 0 aliphatic carbocycles. The van der Waals surface area contributed by atoms with E-state index in [4.69, 9.17) is 18.9 Å². The lowest BCUT2D eigenvalue weighted by atomic mass is 10.0. The summed E-state index contributed by atoms with van der Waals surface area (Å²) in [7, 11) is 5.99. The van der Waals surface area contributed by atoms with Gasteiger partial charge < -0.3 is 23.7 Å². The lowest BCUT2D eigenvalue weighted by Gasteiger charge is -2.15. The summed E-state index contributed by atoms with van der Waals surface area (Å²) < 4.78 is 38.0. The van der Waals surface area contributed by atoms with Crippen LogP contribution in [0.15, 0.2) is 30.3 Å². The number of hydrogen-bond donors (Lipinski definition) is 0. The minimum Gasteiger partial charge on any atom is -0.494 e. The van der Waals surface area contributed by atoms with Crippen molar-refractivity contribution >= 4 is 5.97 Å². The second kappa shape index (κ2) is 11.0. The molecular formula is C21H27FO6. The van der Waals surface area contributed by atoms with Crippen molar-refractivity contribution in [2.45, 2.75) is 26.9 Å². The van der Waals surface area contributed by atoms with Crippen LogP contribution >= 0.6 is 0 Å². The van der Waals surface area contributed by atoms with Gasteiger partial charge in [0.15, 0.2) is 23.1 Å². The molecule has 0 fully saturated rings. The number of esters is 1. The zero-order valence-electron chi connectivity index (χ0n) is 17.3. The van der Waals surface area contributed by atoms with Crippen molar-refractivity contribution in [3.8, 4) is 23.0 Å². The third kappa shape index (κ3) is 4.85. The third-order valence-corrected chi connectivity index (χ3v) is 3.84. The number of methoxy groups -OCH3 is 4. The van der Waals surface area contributed by atoms with Gasteiger partial charge in [-0.1, -0.05) is 26.0 Å². The highest BCUT2D eigenvalue weighted by atomic mass is 19.1. The van der Waals surface area contributed by atoms with Crippen LogP contribution in [0.4, 0.5) is 4.39 Å². The predicted molar refractivity (Wildman–Crippen MR) is 104 cm³/mol. The first-order valence-electron chi connectivity index (χ1n) is 8.80. The Kier molecular flexibility index (Phi) is 9.08. The van der Waals surface area contributed by atoms with Gasteiger partial charge in [-0.2, -0.15) is 0 Å². The number of para-hydroxylation sites is 1. The molecule has 6 nitrogen and oxygen atoms in total. The maximum atomic E-state index is 12.5. The lowest BCUT2D eigenvalue weighted by Crippen LogP contribution is -2.01. The summed E-state index contributed by atoms with van der Waals surface area (Å²) in [5.41, 5.74) is 1.17. The molecule has 0 amide bonds. The molecule has 1 heterocycles. The van der Waals surface area contributed by atoms with Crippen molar-refractivity contribution in [3.63, 3.8) is 0 Å². The molecule has 3 rings (SSSR count). The normalized spacial score (nSPS) is 13.7. The van der Waals surface area contributed by atoms with Crippen molar-refractivity contribution in [1.82, 2.24) is 0 Å². The van der Waals surface area contributed by atoms with E-state index in [-0.39, 0.29) is 23.6 Å². The summed E-state index contributed by atoms with van der Waals surface area (Å²) >= 11 is 0. The fourth-order valence-electron chi connectivity index (χ4n) is 2.64. The molecule has 2 aromatic carbocycles. The van der Waals surface area contributed by atoms with Crippen molar-refractivity contribution < 1.29 is 32.9 Å². The minimum absolute atomic E-state index is 0.289. The molecule has 0 aromatic heterocycles. The minimum atomic E-state index is -0.369. The number of cyclic esters (lactones) is 1. The highest BCUT2D eigenvalue weighted by Gasteiger charge is 2.35. The van der Waals surface area contributed by atoms with Crippen LogP contribution in [0.2, 0.25) is 0 Å². The standard InChI is InChI=1S/C12H14O5.C7H7FO.C2H6/c1-6-9-7(12(13)17-6)5-8(14-2)10(15-3)11(9)16-4;1-9-7-5-3-2-4-6(7)8;1-2/h5-6H,1-4H3;2-5H,1H3;1-2H3. The Hall–Kier alpha value is -2.96. The maximum absolute atomic E-state index is 12.5. The van der Waals surface area contributed by atoms with E-state index in [0.29, 0.717) is 28.4 Å². The third-order valence-electron chi connectivity index (χ3n) is 3.84. The number of fused-ring (bicyclic) bond motifs is 1. The molecule has 0 saturated carbocycles. The van der Waals surface area contributed by atoms with Crippen LogP contribution in [-0.4, -0.2) is 34.4 Å². The van der Waals surface area contributed by atoms with Crippen molar-refractivity contribution in [2.24, 2.45) is 0 Å². The molecule has 7 heteroatoms. The van der Waals surface area contributed by atoms with Crippen LogP contribution in [0.25, 0.3) is 0 Å². The summed E-state index contributed by atoms with van der Waals surface area (Å²) in [6, 6.07) is 7.90. The second-order valence-electron chi connectivity index (χ2n) is 5.29. The number of rotatable bonds is 4. The van der Waals surface area contributed by atoms with E-state index < -0.39 is 0 Å². The van der Waals surface area contributed by atoms with Crippen molar-refractivity contribution in [1.29, 1.82) is 0 Å². The van der Waals surface area contributed by atoms with Crippen LogP contribution in [0.3, 0.4) is 0 Å². The van der Waals surface area contributed by atoms with Gasteiger partial charge in [-0.05, 0) is 25.1 Å². The fraction of sp³-hybridized carbons (Fsp3) is 0.381. The zero-order chi connectivity index (χ0) is 21.3. The van der Waals surface area contributed by atoms with Crippen LogP contribution < -0.4 is 18.9 Å². The molecule has 1 aliphatic rings. The van der Waals surface area contributed by atoms with Gasteiger partial charge in [-0.15, -0.1) is 0 Å². The van der Waals surface area contributed by atoms with E-state index in [2.05, 4.69) is 4.74 Å². The van der Waals surface area contributed by atoms with Gasteiger partial charge in [0.2, 0.25) is 5.75 Å². The Morgan fingerprint density at radius 2 is 1.46 bits per heavy atom. The van der Waals surface area contributed by atoms with Gasteiger partial charge in [0.1, 0.15) is 6.10 Å². The highest BCUT2D eigenvalue weighted by molar-refractivity contribution is 5.96. The number of carbonyl (C=O) groups excluding carboxylic acids is 1. The first-order valence-corrected chi connectivity index (χ1v) is 8.80. The maximum Gasteiger partial charge on any atom is 0.339 e. The van der Waals surface area contributed by atoms with Crippen molar-refractivity contribution in [3.05, 3.63) is 47.3 Å². The lowest BCUT2D eigenvalue weighted by molar-refractivity contribution is 0.0419. The number of halogens is 1. The molecule has 1 aliphatic heterocycles. The molecule has 28 heavy (non-hydrogen) atoms. The first-order chi connectivity index (χ1) is 13.5. The molecule has 0 bridgehead atoms. The smallest absolute Gasteiger partial charge is 0.339 e. The summed E-state index contributed by atoms with van der Waals surface area (Å²) in [6.07, 6.45) is -0.341. The average molecular weight is 394 g/mol. The van der Waals surface area contributed by atoms with E-state index in [0.717, 1.165) is 0 Å². The van der Waals surface area contributed by atoms with E-state index >= 15 is 0 Å². The Morgan fingerprint density at radius 3 is 1.93 bits per heavy atom. The molecule has 2 aromatic rings. The van der Waals surface area contributed by atoms with Crippen LogP contribution in [0, 0.1) is 5.82 Å². The van der Waals surface area contributed by atoms with E-state index in [1.165, 1.54) is 34.5 Å². The summed E-state index contributed by atoms with van der Waals surface area (Å²) in [5, 5.41) is 0. The van der Waals surface area contributed by atoms with Gasteiger partial charge >= 0.3 is 5.97 Å². The summed E-state index contributed by atoms with van der Waals surface area (Å²) in [5.74, 6) is 1.01. The summed E-state index contributed by atoms with van der Waals surface area (Å²) in [6.45, 7) is 5.79. The van der Waals surface area contributed by atoms with Gasteiger partial charge in [-0.25, -0.2) is 9.18 Å². The number of benzene rings is 2. The van der Waals surface area contributed by atoms with Crippen LogP contribution in [0.5, 0.6) is 23.0 Å². The van der Waals surface area contributed by atoms with E-state index in [1.54, 1.807) is 31.2 Å². The Balaban J connectivity index is 0.000000301. The quantitative estimate of drug-likeness (QED) is 0.694. The molecular weight excluding hydrogens is 367 g/mol. The molecule has 1 atom stereocenters. The molecule has 154 valence electrons. The monoisotopic (exact) mass is 394 g/mol. The Labute approximate surface area is 165 Å². The molecule has 0 N–H and O–H groups in total. The molecule has 0 spiro atoms.